The zero-order chi connectivity index (χ0) is 11.1. The molecule has 0 aliphatic rings. The van der Waals surface area contributed by atoms with E-state index >= 15 is 0 Å². The number of carbonyl (C=O) groups is 1. The molecule has 0 radical (unpaired) electrons. The molecule has 4 heteroatoms. The van der Waals surface area contributed by atoms with Gasteiger partial charge in [0, 0.05) is 0 Å². The average Bonchev–Trinajstić information content (AvgIpc) is 2.27. The van der Waals surface area contributed by atoms with E-state index in [4.69, 9.17) is 4.74 Å². The van der Waals surface area contributed by atoms with Crippen LogP contribution >= 0.6 is 0 Å². The summed E-state index contributed by atoms with van der Waals surface area (Å²) in [6.45, 7) is 1.86. The van der Waals surface area contributed by atoms with Crippen molar-refractivity contribution in [3.8, 4) is 5.75 Å². The minimum atomic E-state index is -0.753. The molecular formula is C11H11O4-. The molecule has 0 saturated carbocycles. The summed E-state index contributed by atoms with van der Waals surface area (Å²) in [5, 5.41) is 10.6. The van der Waals surface area contributed by atoms with Gasteiger partial charge < -0.3 is 14.6 Å². The Balaban J connectivity index is 2.67. The van der Waals surface area contributed by atoms with E-state index < -0.39 is 5.97 Å². The molecule has 0 unspecified atom stereocenters. The van der Waals surface area contributed by atoms with Gasteiger partial charge in [0.25, 0.3) is 0 Å². The lowest BCUT2D eigenvalue weighted by atomic mass is 10.3. The highest BCUT2D eigenvalue weighted by atomic mass is 16.6. The van der Waals surface area contributed by atoms with Crippen LogP contribution in [-0.4, -0.2) is 12.6 Å². The highest BCUT2D eigenvalue weighted by Crippen LogP contribution is 2.12. The number of carbonyl (C=O) groups excluding carboxylic acids is 1. The van der Waals surface area contributed by atoms with E-state index in [1.54, 1.807) is 37.3 Å². The summed E-state index contributed by atoms with van der Waals surface area (Å²) >= 11 is 0. The van der Waals surface area contributed by atoms with Crippen LogP contribution in [0, 0.1) is 0 Å². The molecule has 0 aliphatic carbocycles. The van der Waals surface area contributed by atoms with Gasteiger partial charge in [0.1, 0.15) is 5.75 Å². The zero-order valence-corrected chi connectivity index (χ0v) is 8.30. The smallest absolute Gasteiger partial charge is 0.372 e. The predicted molar refractivity (Wildman–Crippen MR) is 51.8 cm³/mol. The van der Waals surface area contributed by atoms with Gasteiger partial charge in [-0.15, -0.1) is 0 Å². The first-order valence-corrected chi connectivity index (χ1v) is 4.50. The third kappa shape index (κ3) is 3.34. The number of hydrogen-bond donors (Lipinski definition) is 0. The molecular weight excluding hydrogens is 196 g/mol. The lowest BCUT2D eigenvalue weighted by Gasteiger charge is -2.10. The molecule has 1 aromatic carbocycles. The van der Waals surface area contributed by atoms with E-state index in [0.29, 0.717) is 12.0 Å². The minimum Gasteiger partial charge on any atom is -0.875 e. The standard InChI is InChI=1S/C11H12O4/c1-2-14-11(13)10(8-12)15-9-6-4-3-5-7-9/h3-8,12H,2H2,1H3/p-1/b10-8+. The van der Waals surface area contributed by atoms with Crippen LogP contribution in [0.4, 0.5) is 0 Å². The largest absolute Gasteiger partial charge is 0.875 e. The normalized spacial score (nSPS) is 10.9. The van der Waals surface area contributed by atoms with Crippen molar-refractivity contribution in [1.82, 2.24) is 0 Å². The molecule has 0 saturated heterocycles. The Hall–Kier alpha value is -1.97. The van der Waals surface area contributed by atoms with Crippen LogP contribution in [0.15, 0.2) is 42.4 Å². The molecule has 0 amide bonds. The van der Waals surface area contributed by atoms with E-state index in [1.165, 1.54) is 0 Å². The van der Waals surface area contributed by atoms with Gasteiger partial charge in [-0.1, -0.05) is 24.5 Å². The first kappa shape index (κ1) is 11.1. The van der Waals surface area contributed by atoms with E-state index in [1.807, 2.05) is 0 Å². The third-order valence-electron chi connectivity index (χ3n) is 1.55. The topological polar surface area (TPSA) is 58.6 Å². The summed E-state index contributed by atoms with van der Waals surface area (Å²) < 4.78 is 9.69. The van der Waals surface area contributed by atoms with Crippen molar-refractivity contribution in [2.24, 2.45) is 0 Å². The number of esters is 1. The number of ether oxygens (including phenoxy) is 2. The van der Waals surface area contributed by atoms with Crippen LogP contribution in [0.5, 0.6) is 5.75 Å². The van der Waals surface area contributed by atoms with Crippen LogP contribution in [0.25, 0.3) is 0 Å². The van der Waals surface area contributed by atoms with Gasteiger partial charge >= 0.3 is 5.97 Å². The van der Waals surface area contributed by atoms with Gasteiger partial charge in [-0.2, -0.15) is 0 Å². The lowest BCUT2D eigenvalue weighted by Crippen LogP contribution is -2.15. The highest BCUT2D eigenvalue weighted by Gasteiger charge is 2.10. The van der Waals surface area contributed by atoms with E-state index in [2.05, 4.69) is 4.74 Å². The van der Waals surface area contributed by atoms with Crippen molar-refractivity contribution >= 4 is 5.97 Å². The Morgan fingerprint density at radius 2 is 2.07 bits per heavy atom. The number of para-hydroxylation sites is 1. The number of hydrogen-bond acceptors (Lipinski definition) is 4. The first-order valence-electron chi connectivity index (χ1n) is 4.50. The molecule has 0 aliphatic heterocycles. The zero-order valence-electron chi connectivity index (χ0n) is 8.30. The Morgan fingerprint density at radius 3 is 2.60 bits per heavy atom. The van der Waals surface area contributed by atoms with Gasteiger partial charge in [-0.25, -0.2) is 4.79 Å². The molecule has 0 aromatic heterocycles. The number of rotatable bonds is 4. The van der Waals surface area contributed by atoms with Crippen molar-refractivity contribution in [3.05, 3.63) is 42.4 Å². The van der Waals surface area contributed by atoms with Crippen molar-refractivity contribution < 1.29 is 19.4 Å². The van der Waals surface area contributed by atoms with Gasteiger partial charge in [-0.3, -0.25) is 0 Å². The van der Waals surface area contributed by atoms with Gasteiger partial charge in [-0.05, 0) is 19.1 Å². The van der Waals surface area contributed by atoms with Gasteiger partial charge in [0.15, 0.2) is 5.76 Å². The second kappa shape index (κ2) is 5.70. The molecule has 0 N–H and O–H groups in total. The summed E-state index contributed by atoms with van der Waals surface area (Å²) in [6, 6.07) is 8.56. The third-order valence-corrected chi connectivity index (χ3v) is 1.55. The van der Waals surface area contributed by atoms with E-state index in [-0.39, 0.29) is 12.4 Å². The van der Waals surface area contributed by atoms with Crippen LogP contribution in [0.3, 0.4) is 0 Å². The first-order chi connectivity index (χ1) is 7.27. The summed E-state index contributed by atoms with van der Waals surface area (Å²) in [4.78, 5) is 11.2. The molecule has 0 spiro atoms. The number of benzene rings is 1. The summed E-state index contributed by atoms with van der Waals surface area (Å²) in [5.74, 6) is -0.674. The minimum absolute atomic E-state index is 0.203. The highest BCUT2D eigenvalue weighted by molar-refractivity contribution is 5.86. The summed E-state index contributed by atoms with van der Waals surface area (Å²) in [5.41, 5.74) is 0. The summed E-state index contributed by atoms with van der Waals surface area (Å²) in [6.07, 6.45) is 0.338. The SMILES string of the molecule is CCOC(=O)/C(=C\[O-])Oc1ccccc1. The van der Waals surface area contributed by atoms with Crippen LogP contribution in [-0.2, 0) is 9.53 Å². The molecule has 0 heterocycles. The molecule has 1 aromatic rings. The molecule has 0 fully saturated rings. The summed E-state index contributed by atoms with van der Waals surface area (Å²) in [7, 11) is 0. The van der Waals surface area contributed by atoms with Crippen LogP contribution < -0.4 is 9.84 Å². The van der Waals surface area contributed by atoms with Crippen molar-refractivity contribution in [2.45, 2.75) is 6.92 Å². The maximum atomic E-state index is 11.2. The van der Waals surface area contributed by atoms with Crippen molar-refractivity contribution in [3.63, 3.8) is 0 Å². The Morgan fingerprint density at radius 1 is 1.40 bits per heavy atom. The molecule has 80 valence electrons. The fourth-order valence-electron chi connectivity index (χ4n) is 0.932. The van der Waals surface area contributed by atoms with E-state index in [9.17, 15) is 9.90 Å². The van der Waals surface area contributed by atoms with Crippen LogP contribution in [0.2, 0.25) is 0 Å². The monoisotopic (exact) mass is 207 g/mol. The molecule has 1 rings (SSSR count). The van der Waals surface area contributed by atoms with E-state index in [0.717, 1.165) is 0 Å². The maximum Gasteiger partial charge on any atom is 0.372 e. The molecule has 0 atom stereocenters. The lowest BCUT2D eigenvalue weighted by molar-refractivity contribution is -0.278. The molecule has 15 heavy (non-hydrogen) atoms. The quantitative estimate of drug-likeness (QED) is 0.417. The van der Waals surface area contributed by atoms with Crippen molar-refractivity contribution in [1.29, 1.82) is 0 Å². The average molecular weight is 207 g/mol. The van der Waals surface area contributed by atoms with Gasteiger partial charge in [0.2, 0.25) is 0 Å². The Labute approximate surface area is 87.7 Å². The predicted octanol–water partition coefficient (Wildman–Crippen LogP) is 0.830. The van der Waals surface area contributed by atoms with Crippen LogP contribution in [0.1, 0.15) is 6.92 Å². The second-order valence-corrected chi connectivity index (χ2v) is 2.62. The maximum absolute atomic E-state index is 11.2. The Kier molecular flexibility index (Phi) is 4.22. The second-order valence-electron chi connectivity index (χ2n) is 2.62. The fourth-order valence-corrected chi connectivity index (χ4v) is 0.932. The van der Waals surface area contributed by atoms with Gasteiger partial charge in [0.05, 0.1) is 6.61 Å². The Bertz CT molecular complexity index is 343. The molecule has 4 nitrogen and oxygen atoms in total. The molecule has 0 bridgehead atoms. The van der Waals surface area contributed by atoms with Crippen molar-refractivity contribution in [2.75, 3.05) is 6.61 Å². The fraction of sp³-hybridized carbons (Fsp3) is 0.182.